The molecular formula is C19H24F2N6O2. The third-order valence-electron chi connectivity index (χ3n) is 5.36. The number of hydrogen-bond acceptors (Lipinski definition) is 7. The minimum absolute atomic E-state index is 0.0696. The molecule has 1 saturated heterocycles. The zero-order valence-corrected chi connectivity index (χ0v) is 16.3. The normalized spacial score (nSPS) is 19.9. The second kappa shape index (κ2) is 8.02. The van der Waals surface area contributed by atoms with Crippen molar-refractivity contribution < 1.29 is 18.3 Å². The van der Waals surface area contributed by atoms with E-state index in [1.165, 1.54) is 4.68 Å². The molecule has 10 heteroatoms. The molecule has 0 bridgehead atoms. The van der Waals surface area contributed by atoms with Crippen molar-refractivity contribution in [2.75, 3.05) is 36.5 Å². The smallest absolute Gasteiger partial charge is 0.254 e. The summed E-state index contributed by atoms with van der Waals surface area (Å²) in [6.07, 6.45) is 2.91. The number of aromatic nitrogens is 4. The molecule has 1 saturated carbocycles. The summed E-state index contributed by atoms with van der Waals surface area (Å²) in [4.78, 5) is 22.4. The standard InChI is InChI=1S/C19H24F2N6O2/c1-13-11-27(25-15(13)12-28)18-23-16(22-14-2-4-19(20,21)5-3-14)10-17(24-18)26-6-8-29-9-7-26/h10-12,14H,2-9H2,1H3,(H,22,23,24). The van der Waals surface area contributed by atoms with Crippen LogP contribution in [0, 0.1) is 6.92 Å². The van der Waals surface area contributed by atoms with Crippen LogP contribution in [0.3, 0.4) is 0 Å². The topological polar surface area (TPSA) is 85.2 Å². The minimum atomic E-state index is -2.58. The molecule has 2 aromatic heterocycles. The van der Waals surface area contributed by atoms with Crippen molar-refractivity contribution in [3.8, 4) is 5.95 Å². The van der Waals surface area contributed by atoms with Gasteiger partial charge in [-0.3, -0.25) is 4.79 Å². The maximum Gasteiger partial charge on any atom is 0.254 e. The molecule has 0 spiro atoms. The predicted octanol–water partition coefficient (Wildman–Crippen LogP) is 2.61. The number of halogens is 2. The van der Waals surface area contributed by atoms with Gasteiger partial charge in [-0.2, -0.15) is 15.1 Å². The molecule has 29 heavy (non-hydrogen) atoms. The van der Waals surface area contributed by atoms with Gasteiger partial charge in [-0.1, -0.05) is 0 Å². The number of anilines is 2. The Hall–Kier alpha value is -2.62. The molecule has 1 aliphatic heterocycles. The number of hydrogen-bond donors (Lipinski definition) is 1. The molecule has 1 aliphatic carbocycles. The highest BCUT2D eigenvalue weighted by Crippen LogP contribution is 2.34. The fourth-order valence-corrected chi connectivity index (χ4v) is 3.64. The van der Waals surface area contributed by atoms with E-state index in [4.69, 9.17) is 4.74 Å². The summed E-state index contributed by atoms with van der Waals surface area (Å²) in [6.45, 7) is 4.40. The van der Waals surface area contributed by atoms with E-state index in [0.717, 1.165) is 5.56 Å². The van der Waals surface area contributed by atoms with Gasteiger partial charge in [0.2, 0.25) is 5.92 Å². The van der Waals surface area contributed by atoms with Gasteiger partial charge in [-0.15, -0.1) is 0 Å². The van der Waals surface area contributed by atoms with Crippen LogP contribution in [0.1, 0.15) is 41.7 Å². The lowest BCUT2D eigenvalue weighted by Crippen LogP contribution is -2.37. The molecule has 156 valence electrons. The molecule has 3 heterocycles. The van der Waals surface area contributed by atoms with Crippen LogP contribution in [0.15, 0.2) is 12.3 Å². The van der Waals surface area contributed by atoms with Gasteiger partial charge in [-0.25, -0.2) is 13.5 Å². The molecular weight excluding hydrogens is 382 g/mol. The number of aryl methyl sites for hydroxylation is 1. The predicted molar refractivity (Wildman–Crippen MR) is 103 cm³/mol. The van der Waals surface area contributed by atoms with Crippen molar-refractivity contribution >= 4 is 17.9 Å². The maximum absolute atomic E-state index is 13.5. The van der Waals surface area contributed by atoms with Crippen molar-refractivity contribution in [3.05, 3.63) is 23.5 Å². The molecule has 1 N–H and O–H groups in total. The number of nitrogens with one attached hydrogen (secondary N) is 1. The van der Waals surface area contributed by atoms with E-state index in [2.05, 4.69) is 25.3 Å². The number of morpholine rings is 1. The van der Waals surface area contributed by atoms with Crippen LogP contribution in [0.25, 0.3) is 5.95 Å². The zero-order chi connectivity index (χ0) is 20.4. The van der Waals surface area contributed by atoms with Crippen LogP contribution in [-0.2, 0) is 4.74 Å². The van der Waals surface area contributed by atoms with Gasteiger partial charge >= 0.3 is 0 Å². The SMILES string of the molecule is Cc1cn(-c2nc(NC3CCC(F)(F)CC3)cc(N3CCOCC3)n2)nc1C=O. The highest BCUT2D eigenvalue weighted by atomic mass is 19.3. The lowest BCUT2D eigenvalue weighted by molar-refractivity contribution is -0.0361. The van der Waals surface area contributed by atoms with Gasteiger partial charge in [0.05, 0.1) is 13.2 Å². The molecule has 2 fully saturated rings. The fraction of sp³-hybridized carbons (Fsp3) is 0.579. The first kappa shape index (κ1) is 19.7. The van der Waals surface area contributed by atoms with E-state index in [-0.39, 0.29) is 18.9 Å². The molecule has 0 aromatic carbocycles. The largest absolute Gasteiger partial charge is 0.378 e. The summed E-state index contributed by atoms with van der Waals surface area (Å²) in [5, 5.41) is 7.54. The summed E-state index contributed by atoms with van der Waals surface area (Å²) < 4.78 is 33.8. The Kier molecular flexibility index (Phi) is 5.44. The third kappa shape index (κ3) is 4.52. The van der Waals surface area contributed by atoms with E-state index >= 15 is 0 Å². The van der Waals surface area contributed by atoms with Gasteiger partial charge in [0.15, 0.2) is 6.29 Å². The first-order chi connectivity index (χ1) is 13.9. The Labute approximate surface area is 167 Å². The van der Waals surface area contributed by atoms with Crippen LogP contribution >= 0.6 is 0 Å². The monoisotopic (exact) mass is 406 g/mol. The molecule has 4 rings (SSSR count). The quantitative estimate of drug-likeness (QED) is 0.764. The first-order valence-corrected chi connectivity index (χ1v) is 9.81. The van der Waals surface area contributed by atoms with Crippen molar-refractivity contribution in [1.29, 1.82) is 0 Å². The number of nitrogens with zero attached hydrogens (tertiary/aromatic N) is 5. The van der Waals surface area contributed by atoms with E-state index in [1.54, 1.807) is 13.1 Å². The molecule has 8 nitrogen and oxygen atoms in total. The molecule has 0 unspecified atom stereocenters. The number of ether oxygens (including phenoxy) is 1. The number of carbonyl (C=O) groups excluding carboxylic acids is 1. The lowest BCUT2D eigenvalue weighted by Gasteiger charge is -2.30. The molecule has 2 aromatic rings. The van der Waals surface area contributed by atoms with Crippen molar-refractivity contribution in [2.45, 2.75) is 44.6 Å². The summed E-state index contributed by atoms with van der Waals surface area (Å²) in [5.74, 6) is -0.977. The zero-order valence-electron chi connectivity index (χ0n) is 16.3. The van der Waals surface area contributed by atoms with Gasteiger partial charge in [-0.05, 0) is 25.3 Å². The van der Waals surface area contributed by atoms with Gasteiger partial charge in [0, 0.05) is 44.2 Å². The Morgan fingerprint density at radius 2 is 1.97 bits per heavy atom. The summed E-state index contributed by atoms with van der Waals surface area (Å²) in [7, 11) is 0. The van der Waals surface area contributed by atoms with E-state index in [1.807, 2.05) is 6.07 Å². The Balaban J connectivity index is 1.63. The summed E-state index contributed by atoms with van der Waals surface area (Å²) in [6, 6.07) is 1.76. The van der Waals surface area contributed by atoms with Crippen molar-refractivity contribution in [2.24, 2.45) is 0 Å². The Morgan fingerprint density at radius 3 is 2.62 bits per heavy atom. The van der Waals surface area contributed by atoms with Crippen LogP contribution in [0.5, 0.6) is 0 Å². The average Bonchev–Trinajstić information content (AvgIpc) is 3.11. The van der Waals surface area contributed by atoms with Crippen molar-refractivity contribution in [3.63, 3.8) is 0 Å². The highest BCUT2D eigenvalue weighted by molar-refractivity contribution is 5.73. The average molecular weight is 406 g/mol. The Bertz CT molecular complexity index is 872. The number of aldehydes is 1. The number of carbonyl (C=O) groups is 1. The van der Waals surface area contributed by atoms with Crippen LogP contribution in [0.4, 0.5) is 20.4 Å². The molecule has 0 atom stereocenters. The summed E-state index contributed by atoms with van der Waals surface area (Å²) >= 11 is 0. The van der Waals surface area contributed by atoms with Crippen LogP contribution in [0.2, 0.25) is 0 Å². The molecule has 0 radical (unpaired) electrons. The van der Waals surface area contributed by atoms with Gasteiger partial charge in [0.25, 0.3) is 5.95 Å². The number of rotatable bonds is 5. The van der Waals surface area contributed by atoms with Crippen molar-refractivity contribution in [1.82, 2.24) is 19.7 Å². The van der Waals surface area contributed by atoms with E-state index in [9.17, 15) is 13.6 Å². The summed E-state index contributed by atoms with van der Waals surface area (Å²) in [5.41, 5.74) is 1.05. The van der Waals surface area contributed by atoms with Crippen LogP contribution < -0.4 is 10.2 Å². The van der Waals surface area contributed by atoms with E-state index < -0.39 is 5.92 Å². The maximum atomic E-state index is 13.5. The second-order valence-electron chi connectivity index (χ2n) is 7.55. The fourth-order valence-electron chi connectivity index (χ4n) is 3.64. The van der Waals surface area contributed by atoms with Crippen LogP contribution in [-0.4, -0.2) is 64.3 Å². The Morgan fingerprint density at radius 1 is 1.24 bits per heavy atom. The van der Waals surface area contributed by atoms with Gasteiger partial charge in [0.1, 0.15) is 17.3 Å². The lowest BCUT2D eigenvalue weighted by atomic mass is 9.92. The number of alkyl halides is 2. The molecule has 0 amide bonds. The highest BCUT2D eigenvalue weighted by Gasteiger charge is 2.35. The first-order valence-electron chi connectivity index (χ1n) is 9.81. The third-order valence-corrected chi connectivity index (χ3v) is 5.36. The second-order valence-corrected chi connectivity index (χ2v) is 7.55. The molecule has 2 aliphatic rings. The minimum Gasteiger partial charge on any atom is -0.378 e. The van der Waals surface area contributed by atoms with Gasteiger partial charge < -0.3 is 15.0 Å². The van der Waals surface area contributed by atoms with E-state index in [0.29, 0.717) is 68.7 Å².